The summed E-state index contributed by atoms with van der Waals surface area (Å²) < 4.78 is 3.51. The van der Waals surface area contributed by atoms with Crippen LogP contribution in [-0.2, 0) is 6.42 Å². The van der Waals surface area contributed by atoms with E-state index in [0.717, 1.165) is 23.4 Å². The van der Waals surface area contributed by atoms with Crippen LogP contribution in [0.4, 0.5) is 0 Å². The van der Waals surface area contributed by atoms with E-state index in [1.807, 2.05) is 59.4 Å². The van der Waals surface area contributed by atoms with Gasteiger partial charge in [0, 0.05) is 25.1 Å². The first-order valence-electron chi connectivity index (χ1n) is 8.77. The number of rotatable bonds is 6. The van der Waals surface area contributed by atoms with Gasteiger partial charge in [0.05, 0.1) is 23.1 Å². The molecule has 6 heteroatoms. The molecule has 134 valence electrons. The number of nitrogens with zero attached hydrogens (tertiary/aromatic N) is 4. The molecule has 0 aliphatic carbocycles. The van der Waals surface area contributed by atoms with E-state index in [2.05, 4.69) is 27.6 Å². The van der Waals surface area contributed by atoms with Gasteiger partial charge in [-0.05, 0) is 42.3 Å². The molecule has 0 radical (unpaired) electrons. The van der Waals surface area contributed by atoms with Crippen molar-refractivity contribution in [2.24, 2.45) is 0 Å². The van der Waals surface area contributed by atoms with Crippen molar-refractivity contribution in [2.45, 2.75) is 6.42 Å². The molecule has 2 aromatic carbocycles. The smallest absolute Gasteiger partial charge is 0.254 e. The maximum Gasteiger partial charge on any atom is 0.254 e. The summed E-state index contributed by atoms with van der Waals surface area (Å²) >= 11 is 0. The van der Waals surface area contributed by atoms with Crippen LogP contribution in [0.5, 0.6) is 0 Å². The van der Waals surface area contributed by atoms with Crippen molar-refractivity contribution in [3.8, 4) is 11.4 Å². The number of hydrogen-bond acceptors (Lipinski definition) is 3. The van der Waals surface area contributed by atoms with Crippen LogP contribution in [0.2, 0.25) is 0 Å². The van der Waals surface area contributed by atoms with Crippen LogP contribution in [0.25, 0.3) is 11.4 Å². The minimum atomic E-state index is -0.120. The third kappa shape index (κ3) is 3.95. The van der Waals surface area contributed by atoms with Gasteiger partial charge in [0.2, 0.25) is 0 Å². The maximum absolute atomic E-state index is 12.3. The Morgan fingerprint density at radius 3 is 2.41 bits per heavy atom. The molecule has 1 amide bonds. The Bertz CT molecular complexity index is 1000. The summed E-state index contributed by atoms with van der Waals surface area (Å²) in [6, 6.07) is 19.8. The summed E-state index contributed by atoms with van der Waals surface area (Å²) in [4.78, 5) is 12.3. The Morgan fingerprint density at radius 2 is 1.67 bits per heavy atom. The SMILES string of the molecule is O=C(NCCc1ccc(-n2cccn2)cc1)c1cnn(-c2ccccc2)c1. The molecular weight excluding hydrogens is 338 g/mol. The summed E-state index contributed by atoms with van der Waals surface area (Å²) in [7, 11) is 0. The van der Waals surface area contributed by atoms with E-state index < -0.39 is 0 Å². The molecular formula is C21H19N5O. The fraction of sp³-hybridized carbons (Fsp3) is 0.0952. The second-order valence-electron chi connectivity index (χ2n) is 6.13. The van der Waals surface area contributed by atoms with Crippen molar-refractivity contribution in [1.29, 1.82) is 0 Å². The van der Waals surface area contributed by atoms with Gasteiger partial charge in [-0.2, -0.15) is 10.2 Å². The Morgan fingerprint density at radius 1 is 0.889 bits per heavy atom. The van der Waals surface area contributed by atoms with Gasteiger partial charge in [-0.1, -0.05) is 30.3 Å². The minimum Gasteiger partial charge on any atom is -0.352 e. The quantitative estimate of drug-likeness (QED) is 0.577. The second-order valence-corrected chi connectivity index (χ2v) is 6.13. The Balaban J connectivity index is 1.31. The number of benzene rings is 2. The van der Waals surface area contributed by atoms with Crippen LogP contribution in [0.15, 0.2) is 85.5 Å². The highest BCUT2D eigenvalue weighted by Crippen LogP contribution is 2.10. The minimum absolute atomic E-state index is 0.120. The maximum atomic E-state index is 12.3. The van der Waals surface area contributed by atoms with E-state index >= 15 is 0 Å². The Hall–Kier alpha value is -3.67. The Labute approximate surface area is 157 Å². The zero-order valence-corrected chi connectivity index (χ0v) is 14.7. The van der Waals surface area contributed by atoms with E-state index in [9.17, 15) is 4.79 Å². The van der Waals surface area contributed by atoms with Gasteiger partial charge in [0.25, 0.3) is 5.91 Å². The molecule has 0 aliphatic heterocycles. The van der Waals surface area contributed by atoms with E-state index in [4.69, 9.17) is 0 Å². The lowest BCUT2D eigenvalue weighted by molar-refractivity contribution is 0.0954. The van der Waals surface area contributed by atoms with Crippen LogP contribution in [0.3, 0.4) is 0 Å². The van der Waals surface area contributed by atoms with E-state index in [1.165, 1.54) is 0 Å². The first-order chi connectivity index (χ1) is 13.3. The van der Waals surface area contributed by atoms with Crippen LogP contribution in [0.1, 0.15) is 15.9 Å². The molecule has 0 atom stereocenters. The summed E-state index contributed by atoms with van der Waals surface area (Å²) in [5.41, 5.74) is 3.65. The molecule has 4 rings (SSSR count). The van der Waals surface area contributed by atoms with Crippen molar-refractivity contribution >= 4 is 5.91 Å². The van der Waals surface area contributed by atoms with Gasteiger partial charge in [-0.25, -0.2) is 9.36 Å². The molecule has 0 spiro atoms. The lowest BCUT2D eigenvalue weighted by Crippen LogP contribution is -2.25. The topological polar surface area (TPSA) is 64.7 Å². The highest BCUT2D eigenvalue weighted by Gasteiger charge is 2.09. The average Bonchev–Trinajstić information content (AvgIpc) is 3.41. The third-order valence-electron chi connectivity index (χ3n) is 4.27. The molecule has 0 fully saturated rings. The fourth-order valence-corrected chi connectivity index (χ4v) is 2.82. The first kappa shape index (κ1) is 16.8. The normalized spacial score (nSPS) is 10.7. The molecule has 27 heavy (non-hydrogen) atoms. The molecule has 0 saturated heterocycles. The highest BCUT2D eigenvalue weighted by atomic mass is 16.1. The van der Waals surface area contributed by atoms with Crippen LogP contribution in [-0.4, -0.2) is 32.0 Å². The fourth-order valence-electron chi connectivity index (χ4n) is 2.82. The number of hydrogen-bond donors (Lipinski definition) is 1. The molecule has 0 unspecified atom stereocenters. The molecule has 0 saturated carbocycles. The number of carbonyl (C=O) groups excluding carboxylic acids is 1. The summed E-state index contributed by atoms with van der Waals surface area (Å²) in [6.45, 7) is 0.566. The van der Waals surface area contributed by atoms with Gasteiger partial charge in [0.15, 0.2) is 0 Å². The average molecular weight is 357 g/mol. The number of carbonyl (C=O) groups is 1. The van der Waals surface area contributed by atoms with Gasteiger partial charge in [-0.3, -0.25) is 4.79 Å². The monoisotopic (exact) mass is 357 g/mol. The lowest BCUT2D eigenvalue weighted by Gasteiger charge is -2.06. The standard InChI is InChI=1S/C21H19N5O/c27-21(18-15-24-26(16-18)19-5-2-1-3-6-19)22-13-11-17-7-9-20(10-8-17)25-14-4-12-23-25/h1-10,12,14-16H,11,13H2,(H,22,27). The highest BCUT2D eigenvalue weighted by molar-refractivity contribution is 5.93. The van der Waals surface area contributed by atoms with Gasteiger partial charge in [-0.15, -0.1) is 0 Å². The van der Waals surface area contributed by atoms with Crippen molar-refractivity contribution in [2.75, 3.05) is 6.54 Å². The van der Waals surface area contributed by atoms with E-state index in [0.29, 0.717) is 12.1 Å². The summed E-state index contributed by atoms with van der Waals surface area (Å²) in [5.74, 6) is -0.120. The molecule has 2 heterocycles. The van der Waals surface area contributed by atoms with Gasteiger partial charge < -0.3 is 5.32 Å². The number of aromatic nitrogens is 4. The predicted molar refractivity (Wildman–Crippen MR) is 103 cm³/mol. The van der Waals surface area contributed by atoms with E-state index in [-0.39, 0.29) is 5.91 Å². The molecule has 6 nitrogen and oxygen atoms in total. The van der Waals surface area contributed by atoms with Crippen molar-refractivity contribution in [1.82, 2.24) is 24.9 Å². The van der Waals surface area contributed by atoms with Crippen LogP contribution in [0, 0.1) is 0 Å². The van der Waals surface area contributed by atoms with Gasteiger partial charge in [0.1, 0.15) is 0 Å². The first-order valence-corrected chi connectivity index (χ1v) is 8.77. The van der Waals surface area contributed by atoms with Crippen molar-refractivity contribution < 1.29 is 4.79 Å². The Kier molecular flexibility index (Phi) is 4.78. The third-order valence-corrected chi connectivity index (χ3v) is 4.27. The summed E-state index contributed by atoms with van der Waals surface area (Å²) in [6.07, 6.45) is 7.75. The summed E-state index contributed by atoms with van der Waals surface area (Å²) in [5, 5.41) is 11.4. The van der Waals surface area contributed by atoms with Crippen LogP contribution >= 0.6 is 0 Å². The number of nitrogens with one attached hydrogen (secondary N) is 1. The number of amides is 1. The molecule has 4 aromatic rings. The van der Waals surface area contributed by atoms with Crippen LogP contribution < -0.4 is 5.32 Å². The second kappa shape index (κ2) is 7.70. The zero-order valence-electron chi connectivity index (χ0n) is 14.7. The molecule has 1 N–H and O–H groups in total. The van der Waals surface area contributed by atoms with E-state index in [1.54, 1.807) is 23.3 Å². The largest absolute Gasteiger partial charge is 0.352 e. The molecule has 0 aliphatic rings. The van der Waals surface area contributed by atoms with Gasteiger partial charge >= 0.3 is 0 Å². The predicted octanol–water partition coefficient (Wildman–Crippen LogP) is 3.03. The molecule has 2 aromatic heterocycles. The lowest BCUT2D eigenvalue weighted by atomic mass is 10.1. The van der Waals surface area contributed by atoms with Crippen molar-refractivity contribution in [3.63, 3.8) is 0 Å². The van der Waals surface area contributed by atoms with Crippen molar-refractivity contribution in [3.05, 3.63) is 96.6 Å². The number of para-hydroxylation sites is 1. The molecule has 0 bridgehead atoms. The zero-order chi connectivity index (χ0) is 18.5.